The Morgan fingerprint density at radius 1 is 1.30 bits per heavy atom. The van der Waals surface area contributed by atoms with Gasteiger partial charge in [-0.3, -0.25) is 14.6 Å². The fourth-order valence-corrected chi connectivity index (χ4v) is 5.97. The van der Waals surface area contributed by atoms with Crippen LogP contribution in [0.5, 0.6) is 0 Å². The Bertz CT molecular complexity index is 1130. The summed E-state index contributed by atoms with van der Waals surface area (Å²) in [6.07, 6.45) is 6.32. The lowest BCUT2D eigenvalue weighted by atomic mass is 9.43. The molecule has 3 aliphatic rings. The van der Waals surface area contributed by atoms with E-state index in [1.165, 1.54) is 12.4 Å². The fourth-order valence-electron chi connectivity index (χ4n) is 5.48. The van der Waals surface area contributed by atoms with Crippen molar-refractivity contribution in [2.45, 2.75) is 64.8 Å². The summed E-state index contributed by atoms with van der Waals surface area (Å²) in [7, 11) is 0. The first-order valence-corrected chi connectivity index (χ1v) is 11.8. The number of hydrogen-bond acceptors (Lipinski definition) is 6. The van der Waals surface area contributed by atoms with E-state index in [-0.39, 0.29) is 35.0 Å². The van der Waals surface area contributed by atoms with Crippen LogP contribution in [0.3, 0.4) is 0 Å². The topological polar surface area (TPSA) is 109 Å². The van der Waals surface area contributed by atoms with E-state index in [4.69, 9.17) is 23.2 Å². The molecule has 8 nitrogen and oxygen atoms in total. The lowest BCUT2D eigenvalue weighted by molar-refractivity contribution is -0.199. The predicted molar refractivity (Wildman–Crippen MR) is 127 cm³/mol. The van der Waals surface area contributed by atoms with E-state index in [0.717, 1.165) is 23.1 Å². The molecule has 0 saturated heterocycles. The SMILES string of the molecule is CC(NC(=O)Cn1ncc(N[C@@H]2C[C@@H]3C[C@@H](C3(C)C)[C@]2(C)O)c(Cl)c1=O)c1ccncc1Cl. The largest absolute Gasteiger partial charge is 0.388 e. The van der Waals surface area contributed by atoms with E-state index in [1.54, 1.807) is 19.2 Å². The highest BCUT2D eigenvalue weighted by atomic mass is 35.5. The maximum Gasteiger partial charge on any atom is 0.288 e. The van der Waals surface area contributed by atoms with E-state index >= 15 is 0 Å². The van der Waals surface area contributed by atoms with Gasteiger partial charge in [-0.25, -0.2) is 4.68 Å². The van der Waals surface area contributed by atoms with Crippen LogP contribution < -0.4 is 16.2 Å². The Labute approximate surface area is 202 Å². The van der Waals surface area contributed by atoms with Crippen molar-refractivity contribution in [3.8, 4) is 0 Å². The minimum Gasteiger partial charge on any atom is -0.388 e. The standard InChI is InChI=1S/C23H29Cl2N5O3/c1-12(14-5-6-26-9-15(14)24)28-19(31)11-30-21(32)20(25)16(10-27-30)29-18-8-13-7-17(22(13,2)3)23(18,4)33/h5-6,9-10,12-13,17-18,29,33H,7-8,11H2,1-4H3,(H,28,31)/t12?,13-,17-,18+,23-/m0/s1. The summed E-state index contributed by atoms with van der Waals surface area (Å²) >= 11 is 12.5. The van der Waals surface area contributed by atoms with Crippen molar-refractivity contribution in [1.29, 1.82) is 0 Å². The number of pyridine rings is 1. The average Bonchev–Trinajstić information content (AvgIpc) is 2.74. The summed E-state index contributed by atoms with van der Waals surface area (Å²) in [4.78, 5) is 29.2. The molecule has 3 fully saturated rings. The van der Waals surface area contributed by atoms with Gasteiger partial charge in [-0.05, 0) is 55.6 Å². The molecule has 0 aliphatic heterocycles. The van der Waals surface area contributed by atoms with E-state index in [0.29, 0.717) is 16.6 Å². The molecule has 1 unspecified atom stereocenters. The van der Waals surface area contributed by atoms with E-state index in [9.17, 15) is 14.7 Å². The molecule has 3 aliphatic carbocycles. The molecule has 5 rings (SSSR count). The van der Waals surface area contributed by atoms with E-state index in [1.807, 2.05) is 6.92 Å². The molecule has 0 spiro atoms. The zero-order valence-electron chi connectivity index (χ0n) is 19.1. The molecule has 33 heavy (non-hydrogen) atoms. The molecule has 2 aromatic heterocycles. The van der Waals surface area contributed by atoms with Gasteiger partial charge in [-0.1, -0.05) is 37.0 Å². The van der Waals surface area contributed by atoms with Crippen LogP contribution in [0.2, 0.25) is 10.0 Å². The summed E-state index contributed by atoms with van der Waals surface area (Å²) in [5.41, 5.74) is -0.329. The van der Waals surface area contributed by atoms with Gasteiger partial charge in [-0.15, -0.1) is 0 Å². The van der Waals surface area contributed by atoms with Crippen LogP contribution in [-0.2, 0) is 11.3 Å². The van der Waals surface area contributed by atoms with E-state index in [2.05, 4.69) is 34.6 Å². The van der Waals surface area contributed by atoms with Gasteiger partial charge in [0, 0.05) is 12.4 Å². The van der Waals surface area contributed by atoms with Crippen molar-refractivity contribution < 1.29 is 9.90 Å². The lowest BCUT2D eigenvalue weighted by Crippen LogP contribution is -2.68. The van der Waals surface area contributed by atoms with Gasteiger partial charge in [0.2, 0.25) is 5.91 Å². The second kappa shape index (κ2) is 8.56. The Balaban J connectivity index is 1.44. The highest BCUT2D eigenvalue weighted by Gasteiger charge is 2.62. The molecule has 2 heterocycles. The molecule has 3 N–H and O–H groups in total. The molecule has 0 aromatic carbocycles. The number of carbonyl (C=O) groups is 1. The Hall–Kier alpha value is -2.16. The van der Waals surface area contributed by atoms with Crippen LogP contribution in [0.15, 0.2) is 29.5 Å². The van der Waals surface area contributed by atoms with Gasteiger partial charge >= 0.3 is 0 Å². The summed E-state index contributed by atoms with van der Waals surface area (Å²) in [6, 6.07) is 1.11. The van der Waals surface area contributed by atoms with E-state index < -0.39 is 17.1 Å². The quantitative estimate of drug-likeness (QED) is 0.568. The Morgan fingerprint density at radius 2 is 2.03 bits per heavy atom. The zero-order valence-corrected chi connectivity index (χ0v) is 20.6. The molecular formula is C23H29Cl2N5O3. The third-order valence-electron chi connectivity index (χ3n) is 7.66. The molecule has 0 radical (unpaired) electrons. The number of anilines is 1. The van der Waals surface area contributed by atoms with Gasteiger partial charge < -0.3 is 15.7 Å². The number of hydrogen-bond donors (Lipinski definition) is 3. The summed E-state index contributed by atoms with van der Waals surface area (Å²) in [5, 5.41) is 21.7. The van der Waals surface area contributed by atoms with Crippen LogP contribution in [0, 0.1) is 17.3 Å². The van der Waals surface area contributed by atoms with Gasteiger partial charge in [0.15, 0.2) is 0 Å². The predicted octanol–water partition coefficient (Wildman–Crippen LogP) is 3.42. The number of amides is 1. The first kappa shape index (κ1) is 24.0. The number of nitrogens with one attached hydrogen (secondary N) is 2. The van der Waals surface area contributed by atoms with Crippen LogP contribution in [0.25, 0.3) is 0 Å². The number of aliphatic hydroxyl groups is 1. The summed E-state index contributed by atoms with van der Waals surface area (Å²) in [5.74, 6) is 0.277. The molecule has 10 heteroatoms. The number of rotatable bonds is 6. The van der Waals surface area contributed by atoms with Crippen LogP contribution in [-0.4, -0.2) is 37.4 Å². The molecule has 1 amide bonds. The highest BCUT2D eigenvalue weighted by molar-refractivity contribution is 6.33. The normalized spacial score (nSPS) is 28.5. The fraction of sp³-hybridized carbons (Fsp3) is 0.565. The Morgan fingerprint density at radius 3 is 2.67 bits per heavy atom. The van der Waals surface area contributed by atoms with Gasteiger partial charge in [0.25, 0.3) is 5.56 Å². The van der Waals surface area contributed by atoms with Crippen molar-refractivity contribution in [1.82, 2.24) is 20.1 Å². The van der Waals surface area contributed by atoms with Crippen molar-refractivity contribution in [2.75, 3.05) is 5.32 Å². The molecule has 2 aromatic rings. The average molecular weight is 494 g/mol. The zero-order chi connectivity index (χ0) is 24.1. The number of nitrogens with zero attached hydrogens (tertiary/aromatic N) is 3. The highest BCUT2D eigenvalue weighted by Crippen LogP contribution is 2.63. The van der Waals surface area contributed by atoms with Crippen molar-refractivity contribution in [2.24, 2.45) is 17.3 Å². The van der Waals surface area contributed by atoms with Crippen LogP contribution in [0.1, 0.15) is 52.1 Å². The third kappa shape index (κ3) is 4.24. The lowest BCUT2D eigenvalue weighted by Gasteiger charge is -2.65. The minimum absolute atomic E-state index is 0.0580. The van der Waals surface area contributed by atoms with Gasteiger partial charge in [-0.2, -0.15) is 5.10 Å². The summed E-state index contributed by atoms with van der Waals surface area (Å²) < 4.78 is 1.02. The molecule has 3 saturated carbocycles. The third-order valence-corrected chi connectivity index (χ3v) is 8.34. The Kier molecular flexibility index (Phi) is 6.22. The second-order valence-corrected chi connectivity index (χ2v) is 10.8. The van der Waals surface area contributed by atoms with Gasteiger partial charge in [0.05, 0.1) is 34.6 Å². The first-order chi connectivity index (χ1) is 15.4. The van der Waals surface area contributed by atoms with Crippen LogP contribution >= 0.6 is 23.2 Å². The van der Waals surface area contributed by atoms with Crippen molar-refractivity contribution in [3.63, 3.8) is 0 Å². The number of aromatic nitrogens is 3. The molecule has 5 atom stereocenters. The van der Waals surface area contributed by atoms with Crippen molar-refractivity contribution in [3.05, 3.63) is 50.6 Å². The van der Waals surface area contributed by atoms with Crippen molar-refractivity contribution >= 4 is 34.8 Å². The summed E-state index contributed by atoms with van der Waals surface area (Å²) in [6.45, 7) is 7.74. The smallest absolute Gasteiger partial charge is 0.288 e. The monoisotopic (exact) mass is 493 g/mol. The molecule has 2 bridgehead atoms. The maximum atomic E-state index is 12.8. The maximum absolute atomic E-state index is 12.8. The molecule has 178 valence electrons. The second-order valence-electron chi connectivity index (χ2n) is 9.99. The number of halogens is 2. The van der Waals surface area contributed by atoms with Crippen LogP contribution in [0.4, 0.5) is 5.69 Å². The number of fused-ring (bicyclic) bond motifs is 2. The first-order valence-electron chi connectivity index (χ1n) is 11.1. The van der Waals surface area contributed by atoms with Gasteiger partial charge in [0.1, 0.15) is 11.6 Å². The molecular weight excluding hydrogens is 465 g/mol. The minimum atomic E-state index is -0.930. The number of carbonyl (C=O) groups excluding carboxylic acids is 1.